The molecule has 0 saturated carbocycles. The first-order valence-corrected chi connectivity index (χ1v) is 9.58. The summed E-state index contributed by atoms with van der Waals surface area (Å²) in [6.07, 6.45) is -0.0892. The molecule has 0 aliphatic carbocycles. The fraction of sp³-hybridized carbons (Fsp3) is 0.182. The second-order valence-electron chi connectivity index (χ2n) is 6.63. The molecule has 1 fully saturated rings. The topological polar surface area (TPSA) is 79.2 Å². The lowest BCUT2D eigenvalue weighted by atomic mass is 10.0. The third-order valence-corrected chi connectivity index (χ3v) is 4.80. The highest BCUT2D eigenvalue weighted by Crippen LogP contribution is 2.25. The van der Waals surface area contributed by atoms with Gasteiger partial charge in [0.25, 0.3) is 0 Å². The number of benzene rings is 2. The van der Waals surface area contributed by atoms with Crippen molar-refractivity contribution in [3.63, 3.8) is 0 Å². The lowest BCUT2D eigenvalue weighted by molar-refractivity contribution is 0.197. The van der Waals surface area contributed by atoms with Crippen LogP contribution in [0.2, 0.25) is 5.15 Å². The molecule has 2 aromatic carbocycles. The van der Waals surface area contributed by atoms with Crippen molar-refractivity contribution in [1.29, 1.82) is 5.26 Å². The zero-order valence-corrected chi connectivity index (χ0v) is 16.3. The van der Waals surface area contributed by atoms with Crippen molar-refractivity contribution >= 4 is 11.6 Å². The van der Waals surface area contributed by atoms with Crippen LogP contribution in [0.25, 0.3) is 0 Å². The Kier molecular flexibility index (Phi) is 5.92. The SMILES string of the molecule is N#Cc1ccc(OC2CNNC2c2cccc(COc3cccc(Cl)n3)c2)cc1. The van der Waals surface area contributed by atoms with E-state index in [1.165, 1.54) is 0 Å². The van der Waals surface area contributed by atoms with Gasteiger partial charge in [0.2, 0.25) is 5.88 Å². The Morgan fingerprint density at radius 2 is 1.93 bits per heavy atom. The Morgan fingerprint density at radius 3 is 2.72 bits per heavy atom. The molecule has 2 heterocycles. The van der Waals surface area contributed by atoms with Crippen molar-refractivity contribution in [1.82, 2.24) is 15.8 Å². The summed E-state index contributed by atoms with van der Waals surface area (Å²) in [7, 11) is 0. The molecule has 0 spiro atoms. The van der Waals surface area contributed by atoms with Gasteiger partial charge in [-0.2, -0.15) is 5.26 Å². The normalized spacial score (nSPS) is 18.2. The van der Waals surface area contributed by atoms with Gasteiger partial charge in [-0.1, -0.05) is 41.9 Å². The molecule has 1 aliphatic heterocycles. The van der Waals surface area contributed by atoms with E-state index in [0.29, 0.717) is 29.7 Å². The molecule has 4 rings (SSSR count). The van der Waals surface area contributed by atoms with E-state index in [9.17, 15) is 0 Å². The predicted molar refractivity (Wildman–Crippen MR) is 109 cm³/mol. The predicted octanol–water partition coefficient (Wildman–Crippen LogP) is 3.78. The Morgan fingerprint density at radius 1 is 1.10 bits per heavy atom. The van der Waals surface area contributed by atoms with E-state index in [2.05, 4.69) is 34.0 Å². The van der Waals surface area contributed by atoms with E-state index in [-0.39, 0.29) is 12.1 Å². The van der Waals surface area contributed by atoms with Crippen LogP contribution in [0.1, 0.15) is 22.7 Å². The molecule has 2 N–H and O–H groups in total. The summed E-state index contributed by atoms with van der Waals surface area (Å²) < 4.78 is 11.9. The molecular formula is C22H19ClN4O2. The van der Waals surface area contributed by atoms with E-state index in [4.69, 9.17) is 26.3 Å². The molecule has 146 valence electrons. The van der Waals surface area contributed by atoms with Gasteiger partial charge in [-0.25, -0.2) is 10.4 Å². The molecule has 1 aromatic heterocycles. The van der Waals surface area contributed by atoms with E-state index < -0.39 is 0 Å². The third kappa shape index (κ3) is 4.84. The quantitative estimate of drug-likeness (QED) is 0.606. The Balaban J connectivity index is 1.44. The third-order valence-electron chi connectivity index (χ3n) is 4.59. The van der Waals surface area contributed by atoms with Gasteiger partial charge >= 0.3 is 0 Å². The Hall–Kier alpha value is -3.11. The number of nitrogens with zero attached hydrogens (tertiary/aromatic N) is 2. The summed E-state index contributed by atoms with van der Waals surface area (Å²) >= 11 is 5.90. The Bertz CT molecular complexity index is 1020. The number of rotatable bonds is 6. The van der Waals surface area contributed by atoms with Gasteiger partial charge in [0, 0.05) is 12.6 Å². The number of pyridine rings is 1. The molecule has 7 heteroatoms. The van der Waals surface area contributed by atoms with Crippen molar-refractivity contribution in [2.45, 2.75) is 18.8 Å². The van der Waals surface area contributed by atoms with E-state index in [0.717, 1.165) is 16.9 Å². The van der Waals surface area contributed by atoms with Crippen LogP contribution in [0.5, 0.6) is 11.6 Å². The van der Waals surface area contributed by atoms with Gasteiger partial charge in [0.15, 0.2) is 0 Å². The summed E-state index contributed by atoms with van der Waals surface area (Å²) in [6.45, 7) is 1.06. The van der Waals surface area contributed by atoms with Crippen LogP contribution in [0, 0.1) is 11.3 Å². The van der Waals surface area contributed by atoms with Gasteiger partial charge in [-0.15, -0.1) is 0 Å². The minimum atomic E-state index is -0.0892. The zero-order chi connectivity index (χ0) is 20.1. The molecule has 2 unspecified atom stereocenters. The minimum Gasteiger partial charge on any atom is -0.487 e. The maximum Gasteiger partial charge on any atom is 0.214 e. The number of nitriles is 1. The van der Waals surface area contributed by atoms with Crippen LogP contribution < -0.4 is 20.3 Å². The first-order valence-electron chi connectivity index (χ1n) is 9.21. The summed E-state index contributed by atoms with van der Waals surface area (Å²) in [6, 6.07) is 22.7. The van der Waals surface area contributed by atoms with Crippen LogP contribution in [-0.2, 0) is 6.61 Å². The number of halogens is 1. The fourth-order valence-electron chi connectivity index (χ4n) is 3.17. The fourth-order valence-corrected chi connectivity index (χ4v) is 3.33. The lowest BCUT2D eigenvalue weighted by Gasteiger charge is -2.21. The number of hydrazine groups is 1. The van der Waals surface area contributed by atoms with Crippen molar-refractivity contribution in [3.05, 3.63) is 88.6 Å². The number of ether oxygens (including phenoxy) is 2. The van der Waals surface area contributed by atoms with Crippen molar-refractivity contribution in [3.8, 4) is 17.7 Å². The van der Waals surface area contributed by atoms with Gasteiger partial charge in [0.05, 0.1) is 17.7 Å². The van der Waals surface area contributed by atoms with Crippen LogP contribution in [0.3, 0.4) is 0 Å². The van der Waals surface area contributed by atoms with Crippen molar-refractivity contribution in [2.75, 3.05) is 6.54 Å². The van der Waals surface area contributed by atoms with Gasteiger partial charge in [-0.05, 0) is 41.5 Å². The molecular weight excluding hydrogens is 388 g/mol. The van der Waals surface area contributed by atoms with Crippen LogP contribution in [-0.4, -0.2) is 17.6 Å². The zero-order valence-electron chi connectivity index (χ0n) is 15.5. The summed E-state index contributed by atoms with van der Waals surface area (Å²) in [5.74, 6) is 1.22. The molecule has 6 nitrogen and oxygen atoms in total. The van der Waals surface area contributed by atoms with Crippen LogP contribution in [0.4, 0.5) is 0 Å². The first kappa shape index (κ1) is 19.2. The second-order valence-corrected chi connectivity index (χ2v) is 7.01. The molecule has 2 atom stereocenters. The highest BCUT2D eigenvalue weighted by molar-refractivity contribution is 6.29. The smallest absolute Gasteiger partial charge is 0.214 e. The molecule has 0 radical (unpaired) electrons. The van der Waals surface area contributed by atoms with E-state index in [1.807, 2.05) is 24.3 Å². The van der Waals surface area contributed by atoms with E-state index in [1.54, 1.807) is 30.3 Å². The van der Waals surface area contributed by atoms with Gasteiger partial charge < -0.3 is 9.47 Å². The van der Waals surface area contributed by atoms with Crippen LogP contribution in [0.15, 0.2) is 66.7 Å². The monoisotopic (exact) mass is 406 g/mol. The molecule has 3 aromatic rings. The highest BCUT2D eigenvalue weighted by atomic mass is 35.5. The standard InChI is InChI=1S/C22H19ClN4O2/c23-20-5-2-6-21(26-20)28-14-16-3-1-4-17(11-16)22-19(13-25-27-22)29-18-9-7-15(12-24)8-10-18/h1-11,19,22,25,27H,13-14H2. The van der Waals surface area contributed by atoms with Crippen molar-refractivity contribution in [2.24, 2.45) is 0 Å². The summed E-state index contributed by atoms with van der Waals surface area (Å²) in [5, 5.41) is 9.33. The molecule has 1 aliphatic rings. The second kappa shape index (κ2) is 8.93. The number of hydrogen-bond donors (Lipinski definition) is 2. The largest absolute Gasteiger partial charge is 0.487 e. The summed E-state index contributed by atoms with van der Waals surface area (Å²) in [5.41, 5.74) is 9.16. The maximum atomic E-state index is 8.93. The number of nitrogens with one attached hydrogen (secondary N) is 2. The average Bonchev–Trinajstić information content (AvgIpc) is 3.21. The lowest BCUT2D eigenvalue weighted by Crippen LogP contribution is -2.28. The molecule has 29 heavy (non-hydrogen) atoms. The number of aromatic nitrogens is 1. The van der Waals surface area contributed by atoms with Crippen LogP contribution >= 0.6 is 11.6 Å². The van der Waals surface area contributed by atoms with Gasteiger partial charge in [0.1, 0.15) is 23.6 Å². The highest BCUT2D eigenvalue weighted by Gasteiger charge is 2.30. The molecule has 0 bridgehead atoms. The summed E-state index contributed by atoms with van der Waals surface area (Å²) in [4.78, 5) is 4.14. The van der Waals surface area contributed by atoms with Gasteiger partial charge in [-0.3, -0.25) is 5.43 Å². The number of hydrogen-bond acceptors (Lipinski definition) is 6. The maximum absolute atomic E-state index is 8.93. The van der Waals surface area contributed by atoms with E-state index >= 15 is 0 Å². The average molecular weight is 407 g/mol. The minimum absolute atomic E-state index is 0.0186. The molecule has 1 saturated heterocycles. The molecule has 0 amide bonds. The first-order chi connectivity index (χ1) is 14.2. The van der Waals surface area contributed by atoms with Crippen molar-refractivity contribution < 1.29 is 9.47 Å². The Labute approximate surface area is 174 Å².